The van der Waals surface area contributed by atoms with Crippen molar-refractivity contribution >= 4 is 29.3 Å². The van der Waals surface area contributed by atoms with E-state index in [4.69, 9.17) is 4.74 Å². The second-order valence-corrected chi connectivity index (χ2v) is 10.2. The summed E-state index contributed by atoms with van der Waals surface area (Å²) in [5.74, 6) is -0.364. The second kappa shape index (κ2) is 12.2. The van der Waals surface area contributed by atoms with Gasteiger partial charge in [0, 0.05) is 18.2 Å². The van der Waals surface area contributed by atoms with Crippen LogP contribution in [0.5, 0.6) is 0 Å². The van der Waals surface area contributed by atoms with E-state index in [0.29, 0.717) is 29.1 Å². The van der Waals surface area contributed by atoms with Gasteiger partial charge >= 0.3 is 12.0 Å². The van der Waals surface area contributed by atoms with Crippen LogP contribution >= 0.6 is 0 Å². The van der Waals surface area contributed by atoms with Crippen molar-refractivity contribution in [1.82, 2.24) is 10.2 Å². The van der Waals surface area contributed by atoms with Crippen molar-refractivity contribution in [3.05, 3.63) is 107 Å². The SMILES string of the molecule is CCCCN1C(=O)N[C@@H](c2cccc(NC(=O)[C@@H]3C[C@H]3c3ccccc3)c2)C(C(=O)OCC)=C1c1ccccc1. The van der Waals surface area contributed by atoms with Crippen LogP contribution in [0.2, 0.25) is 0 Å². The van der Waals surface area contributed by atoms with E-state index in [2.05, 4.69) is 29.7 Å². The molecule has 0 saturated heterocycles. The van der Waals surface area contributed by atoms with Crippen LogP contribution in [0.15, 0.2) is 90.5 Å². The van der Waals surface area contributed by atoms with Crippen molar-refractivity contribution in [1.29, 1.82) is 0 Å². The molecule has 1 aliphatic heterocycles. The molecule has 0 spiro atoms. The van der Waals surface area contributed by atoms with Crippen LogP contribution in [-0.4, -0.2) is 36.0 Å². The van der Waals surface area contributed by atoms with Gasteiger partial charge < -0.3 is 15.4 Å². The molecular formula is C33H35N3O4. The van der Waals surface area contributed by atoms with E-state index >= 15 is 0 Å². The lowest BCUT2D eigenvalue weighted by molar-refractivity contribution is -0.139. The van der Waals surface area contributed by atoms with Crippen molar-refractivity contribution < 1.29 is 19.1 Å². The Balaban J connectivity index is 1.48. The minimum absolute atomic E-state index is 0.0319. The zero-order valence-corrected chi connectivity index (χ0v) is 22.9. The number of ether oxygens (including phenoxy) is 1. The Hall–Kier alpha value is -4.39. The number of hydrogen-bond acceptors (Lipinski definition) is 4. The molecule has 3 amide bonds. The van der Waals surface area contributed by atoms with Crippen LogP contribution in [0.1, 0.15) is 61.8 Å². The predicted molar refractivity (Wildman–Crippen MR) is 155 cm³/mol. The zero-order chi connectivity index (χ0) is 28.1. The van der Waals surface area contributed by atoms with Gasteiger partial charge in [0.15, 0.2) is 0 Å². The third-order valence-electron chi connectivity index (χ3n) is 7.45. The summed E-state index contributed by atoms with van der Waals surface area (Å²) >= 11 is 0. The highest BCUT2D eigenvalue weighted by atomic mass is 16.5. The van der Waals surface area contributed by atoms with E-state index in [9.17, 15) is 14.4 Å². The number of benzene rings is 3. The van der Waals surface area contributed by atoms with Gasteiger partial charge in [0.2, 0.25) is 5.91 Å². The fourth-order valence-corrected chi connectivity index (χ4v) is 5.35. The Labute approximate surface area is 235 Å². The first-order valence-corrected chi connectivity index (χ1v) is 14.0. The maximum atomic E-state index is 13.5. The van der Waals surface area contributed by atoms with Gasteiger partial charge in [-0.1, -0.05) is 86.1 Å². The molecule has 1 fully saturated rings. The molecule has 5 rings (SSSR count). The number of rotatable bonds is 10. The molecule has 40 heavy (non-hydrogen) atoms. The van der Waals surface area contributed by atoms with Gasteiger partial charge in [-0.2, -0.15) is 0 Å². The zero-order valence-electron chi connectivity index (χ0n) is 22.9. The summed E-state index contributed by atoms with van der Waals surface area (Å²) in [6, 6.07) is 25.9. The van der Waals surface area contributed by atoms with E-state index in [1.165, 1.54) is 5.56 Å². The monoisotopic (exact) mass is 537 g/mol. The van der Waals surface area contributed by atoms with Crippen LogP contribution in [0.25, 0.3) is 5.70 Å². The number of carbonyl (C=O) groups is 3. The highest BCUT2D eigenvalue weighted by molar-refractivity contribution is 6.04. The van der Waals surface area contributed by atoms with Gasteiger partial charge in [-0.05, 0) is 54.5 Å². The molecule has 3 atom stereocenters. The van der Waals surface area contributed by atoms with E-state index in [1.54, 1.807) is 11.8 Å². The van der Waals surface area contributed by atoms with Gasteiger partial charge in [0.25, 0.3) is 0 Å². The number of unbranched alkanes of at least 4 members (excludes halogenated alkanes) is 1. The third kappa shape index (κ3) is 5.78. The lowest BCUT2D eigenvalue weighted by atomic mass is 9.91. The van der Waals surface area contributed by atoms with Crippen molar-refractivity contribution in [2.75, 3.05) is 18.5 Å². The Morgan fingerprint density at radius 1 is 0.950 bits per heavy atom. The fourth-order valence-electron chi connectivity index (χ4n) is 5.35. The Morgan fingerprint density at radius 3 is 2.35 bits per heavy atom. The number of esters is 1. The van der Waals surface area contributed by atoms with Crippen molar-refractivity contribution in [3.63, 3.8) is 0 Å². The standard InChI is InChI=1S/C33H35N3O4/c1-3-5-19-36-30(23-15-10-7-11-16-23)28(32(38)40-4-2)29(35-33(36)39)24-17-12-18-25(20-24)34-31(37)27-21-26(27)22-13-8-6-9-14-22/h6-18,20,26-27,29H,3-5,19,21H2,1-2H3,(H,34,37)(H,35,39)/t26-,27+,29-/m0/s1. The molecule has 7 heteroatoms. The molecule has 3 aromatic carbocycles. The number of urea groups is 1. The summed E-state index contributed by atoms with van der Waals surface area (Å²) in [5, 5.41) is 6.09. The first-order chi connectivity index (χ1) is 19.5. The van der Waals surface area contributed by atoms with Crippen LogP contribution in [-0.2, 0) is 14.3 Å². The lowest BCUT2D eigenvalue weighted by Crippen LogP contribution is -2.48. The van der Waals surface area contributed by atoms with Gasteiger partial charge in [-0.25, -0.2) is 9.59 Å². The minimum Gasteiger partial charge on any atom is -0.463 e. The summed E-state index contributed by atoms with van der Waals surface area (Å²) < 4.78 is 5.52. The Bertz CT molecular complexity index is 1400. The molecule has 0 unspecified atom stereocenters. The maximum absolute atomic E-state index is 13.5. The maximum Gasteiger partial charge on any atom is 0.338 e. The Kier molecular flexibility index (Phi) is 8.29. The number of anilines is 1. The minimum atomic E-state index is -0.741. The normalized spacial score (nSPS) is 20.1. The van der Waals surface area contributed by atoms with Crippen molar-refractivity contribution in [2.45, 2.75) is 45.1 Å². The van der Waals surface area contributed by atoms with Crippen molar-refractivity contribution in [2.24, 2.45) is 5.92 Å². The van der Waals surface area contributed by atoms with Gasteiger partial charge in [0.05, 0.1) is 23.9 Å². The van der Waals surface area contributed by atoms with E-state index in [1.807, 2.05) is 72.8 Å². The first-order valence-electron chi connectivity index (χ1n) is 14.0. The molecule has 0 aromatic heterocycles. The quantitative estimate of drug-likeness (QED) is 0.299. The van der Waals surface area contributed by atoms with Crippen LogP contribution < -0.4 is 10.6 Å². The number of hydrogen-bond donors (Lipinski definition) is 2. The second-order valence-electron chi connectivity index (χ2n) is 10.2. The number of amides is 3. The molecule has 2 aliphatic rings. The predicted octanol–water partition coefficient (Wildman–Crippen LogP) is 6.27. The average molecular weight is 538 g/mol. The third-order valence-corrected chi connectivity index (χ3v) is 7.45. The molecule has 0 bridgehead atoms. The van der Waals surface area contributed by atoms with Gasteiger partial charge in [-0.3, -0.25) is 9.69 Å². The van der Waals surface area contributed by atoms with Crippen LogP contribution in [0.3, 0.4) is 0 Å². The molecule has 1 aliphatic carbocycles. The summed E-state index contributed by atoms with van der Waals surface area (Å²) in [7, 11) is 0. The van der Waals surface area contributed by atoms with Crippen LogP contribution in [0, 0.1) is 5.92 Å². The fraction of sp³-hybridized carbons (Fsp3) is 0.303. The van der Waals surface area contributed by atoms with Crippen molar-refractivity contribution in [3.8, 4) is 0 Å². The van der Waals surface area contributed by atoms with Gasteiger partial charge in [0.1, 0.15) is 0 Å². The Morgan fingerprint density at radius 2 is 1.65 bits per heavy atom. The average Bonchev–Trinajstić information content (AvgIpc) is 3.79. The lowest BCUT2D eigenvalue weighted by Gasteiger charge is -2.37. The number of nitrogens with zero attached hydrogens (tertiary/aromatic N) is 1. The molecule has 0 radical (unpaired) electrons. The first kappa shape index (κ1) is 27.2. The van der Waals surface area contributed by atoms with E-state index in [0.717, 1.165) is 24.8 Å². The highest BCUT2D eigenvalue weighted by Gasteiger charge is 2.44. The number of carbonyl (C=O) groups excluding carboxylic acids is 3. The summed E-state index contributed by atoms with van der Waals surface area (Å²) in [5.41, 5.74) is 4.18. The van der Waals surface area contributed by atoms with E-state index in [-0.39, 0.29) is 30.4 Å². The smallest absolute Gasteiger partial charge is 0.338 e. The van der Waals surface area contributed by atoms with Crippen LogP contribution in [0.4, 0.5) is 10.5 Å². The molecule has 2 N–H and O–H groups in total. The summed E-state index contributed by atoms with van der Waals surface area (Å²) in [6.45, 7) is 4.51. The molecule has 3 aromatic rings. The molecular weight excluding hydrogens is 502 g/mol. The molecule has 7 nitrogen and oxygen atoms in total. The highest BCUT2D eigenvalue weighted by Crippen LogP contribution is 2.48. The molecule has 206 valence electrons. The molecule has 1 saturated carbocycles. The number of nitrogens with one attached hydrogen (secondary N) is 2. The van der Waals surface area contributed by atoms with Gasteiger partial charge in [-0.15, -0.1) is 0 Å². The largest absolute Gasteiger partial charge is 0.463 e. The topological polar surface area (TPSA) is 87.7 Å². The summed E-state index contributed by atoms with van der Waals surface area (Å²) in [4.78, 5) is 41.7. The molecule has 1 heterocycles. The van der Waals surface area contributed by atoms with E-state index < -0.39 is 12.0 Å². The summed E-state index contributed by atoms with van der Waals surface area (Å²) in [6.07, 6.45) is 2.51.